The predicted octanol–water partition coefficient (Wildman–Crippen LogP) is 3.27. The Kier molecular flexibility index (Phi) is 4.74. The normalized spacial score (nSPS) is 11.0. The van der Waals surface area contributed by atoms with Crippen molar-refractivity contribution >= 4 is 31.6 Å². The fourth-order valence-corrected chi connectivity index (χ4v) is 3.04. The molecule has 0 bridgehead atoms. The molecule has 112 valence electrons. The molecule has 0 aliphatic carbocycles. The first kappa shape index (κ1) is 15.7. The van der Waals surface area contributed by atoms with Gasteiger partial charge < -0.3 is 9.47 Å². The van der Waals surface area contributed by atoms with Crippen LogP contribution in [0.4, 0.5) is 5.69 Å². The number of rotatable bonds is 5. The first-order chi connectivity index (χ1) is 9.96. The summed E-state index contributed by atoms with van der Waals surface area (Å²) in [4.78, 5) is 0.181. The molecule has 0 spiro atoms. The van der Waals surface area contributed by atoms with Crippen LogP contribution in [-0.2, 0) is 10.0 Å². The summed E-state index contributed by atoms with van der Waals surface area (Å²) in [5, 5.41) is 0. The van der Waals surface area contributed by atoms with E-state index in [-0.39, 0.29) is 4.90 Å². The molecule has 2 aromatic rings. The van der Waals surface area contributed by atoms with E-state index in [1.165, 1.54) is 26.4 Å². The zero-order valence-corrected chi connectivity index (χ0v) is 13.9. The van der Waals surface area contributed by atoms with Crippen LogP contribution in [0.15, 0.2) is 51.8 Å². The summed E-state index contributed by atoms with van der Waals surface area (Å²) in [5.74, 6) is 0.984. The van der Waals surface area contributed by atoms with Crippen LogP contribution < -0.4 is 14.2 Å². The molecule has 2 rings (SSSR count). The second-order valence-corrected chi connectivity index (χ2v) is 6.73. The lowest BCUT2D eigenvalue weighted by Gasteiger charge is -2.11. The van der Waals surface area contributed by atoms with Crippen molar-refractivity contribution in [2.45, 2.75) is 4.90 Å². The van der Waals surface area contributed by atoms with Gasteiger partial charge in [-0.05, 0) is 36.4 Å². The molecule has 1 N–H and O–H groups in total. The second kappa shape index (κ2) is 6.36. The average Bonchev–Trinajstić information content (AvgIpc) is 2.47. The van der Waals surface area contributed by atoms with Crippen LogP contribution in [0.3, 0.4) is 0 Å². The number of ether oxygens (including phenoxy) is 2. The highest BCUT2D eigenvalue weighted by molar-refractivity contribution is 9.10. The first-order valence-electron chi connectivity index (χ1n) is 5.96. The van der Waals surface area contributed by atoms with E-state index in [0.29, 0.717) is 17.2 Å². The summed E-state index contributed by atoms with van der Waals surface area (Å²) >= 11 is 3.27. The van der Waals surface area contributed by atoms with Crippen molar-refractivity contribution < 1.29 is 17.9 Å². The Labute approximate surface area is 132 Å². The number of nitrogens with one attached hydrogen (secondary N) is 1. The molecule has 0 fully saturated rings. The van der Waals surface area contributed by atoms with Crippen molar-refractivity contribution in [3.8, 4) is 11.5 Å². The van der Waals surface area contributed by atoms with Crippen LogP contribution in [0, 0.1) is 0 Å². The minimum Gasteiger partial charge on any atom is -0.493 e. The molecule has 21 heavy (non-hydrogen) atoms. The van der Waals surface area contributed by atoms with Crippen LogP contribution >= 0.6 is 15.9 Å². The fraction of sp³-hybridized carbons (Fsp3) is 0.143. The SMILES string of the molecule is COc1ccc(NS(=O)(=O)c2ccc(Br)cc2)cc1OC. The van der Waals surface area contributed by atoms with Gasteiger partial charge in [-0.15, -0.1) is 0 Å². The Hall–Kier alpha value is -1.73. The van der Waals surface area contributed by atoms with E-state index in [0.717, 1.165) is 4.47 Å². The van der Waals surface area contributed by atoms with Crippen molar-refractivity contribution in [2.75, 3.05) is 18.9 Å². The zero-order valence-electron chi connectivity index (χ0n) is 11.5. The van der Waals surface area contributed by atoms with Crippen LogP contribution in [-0.4, -0.2) is 22.6 Å². The van der Waals surface area contributed by atoms with E-state index < -0.39 is 10.0 Å². The quantitative estimate of drug-likeness (QED) is 0.875. The number of benzene rings is 2. The van der Waals surface area contributed by atoms with Gasteiger partial charge in [0.15, 0.2) is 11.5 Å². The second-order valence-electron chi connectivity index (χ2n) is 4.13. The van der Waals surface area contributed by atoms with Gasteiger partial charge in [-0.1, -0.05) is 15.9 Å². The Balaban J connectivity index is 2.30. The standard InChI is InChI=1S/C14H14BrNO4S/c1-19-13-8-5-11(9-14(13)20-2)16-21(17,18)12-6-3-10(15)4-7-12/h3-9,16H,1-2H3. The highest BCUT2D eigenvalue weighted by Crippen LogP contribution is 2.30. The van der Waals surface area contributed by atoms with E-state index in [1.807, 2.05) is 0 Å². The smallest absolute Gasteiger partial charge is 0.261 e. The highest BCUT2D eigenvalue weighted by Gasteiger charge is 2.15. The zero-order chi connectivity index (χ0) is 15.5. The monoisotopic (exact) mass is 371 g/mol. The maximum absolute atomic E-state index is 12.3. The van der Waals surface area contributed by atoms with Gasteiger partial charge >= 0.3 is 0 Å². The average molecular weight is 372 g/mol. The van der Waals surface area contributed by atoms with Gasteiger partial charge in [0.1, 0.15) is 0 Å². The van der Waals surface area contributed by atoms with Gasteiger partial charge in [-0.25, -0.2) is 8.42 Å². The molecule has 0 saturated heterocycles. The van der Waals surface area contributed by atoms with E-state index >= 15 is 0 Å². The molecule has 0 saturated carbocycles. The Morgan fingerprint density at radius 3 is 2.14 bits per heavy atom. The van der Waals surface area contributed by atoms with Gasteiger partial charge in [0.05, 0.1) is 24.8 Å². The third kappa shape index (κ3) is 3.68. The summed E-state index contributed by atoms with van der Waals surface area (Å²) in [7, 11) is -0.634. The van der Waals surface area contributed by atoms with Gasteiger partial charge in [0.25, 0.3) is 10.0 Å². The van der Waals surface area contributed by atoms with Crippen LogP contribution in [0.2, 0.25) is 0 Å². The van der Waals surface area contributed by atoms with Gasteiger partial charge in [-0.2, -0.15) is 0 Å². The van der Waals surface area contributed by atoms with E-state index in [9.17, 15) is 8.42 Å². The lowest BCUT2D eigenvalue weighted by atomic mass is 10.3. The Morgan fingerprint density at radius 1 is 0.952 bits per heavy atom. The maximum atomic E-state index is 12.3. The number of hydrogen-bond acceptors (Lipinski definition) is 4. The van der Waals surface area contributed by atoms with Crippen molar-refractivity contribution in [1.29, 1.82) is 0 Å². The number of methoxy groups -OCH3 is 2. The molecule has 0 aromatic heterocycles. The van der Waals surface area contributed by atoms with Crippen molar-refractivity contribution in [3.63, 3.8) is 0 Å². The van der Waals surface area contributed by atoms with Crippen LogP contribution in [0.25, 0.3) is 0 Å². The molecule has 0 heterocycles. The molecular formula is C14H14BrNO4S. The molecule has 0 amide bonds. The molecule has 0 aliphatic heterocycles. The minimum absolute atomic E-state index is 0.181. The third-order valence-corrected chi connectivity index (χ3v) is 4.69. The summed E-state index contributed by atoms with van der Waals surface area (Å²) in [6, 6.07) is 11.2. The van der Waals surface area contributed by atoms with Crippen LogP contribution in [0.1, 0.15) is 0 Å². The summed E-state index contributed by atoms with van der Waals surface area (Å²) in [5.41, 5.74) is 0.399. The van der Waals surface area contributed by atoms with E-state index in [2.05, 4.69) is 20.7 Å². The molecule has 7 heteroatoms. The van der Waals surface area contributed by atoms with Crippen molar-refractivity contribution in [2.24, 2.45) is 0 Å². The first-order valence-corrected chi connectivity index (χ1v) is 8.24. The van der Waals surface area contributed by atoms with Crippen molar-refractivity contribution in [1.82, 2.24) is 0 Å². The predicted molar refractivity (Wildman–Crippen MR) is 84.5 cm³/mol. The molecule has 0 radical (unpaired) electrons. The number of halogens is 1. The lowest BCUT2D eigenvalue weighted by molar-refractivity contribution is 0.355. The molecular weight excluding hydrogens is 358 g/mol. The van der Waals surface area contributed by atoms with Gasteiger partial charge in [0.2, 0.25) is 0 Å². The van der Waals surface area contributed by atoms with Crippen molar-refractivity contribution in [3.05, 3.63) is 46.9 Å². The van der Waals surface area contributed by atoms with Crippen LogP contribution in [0.5, 0.6) is 11.5 Å². The molecule has 2 aromatic carbocycles. The Bertz CT molecular complexity index is 729. The third-order valence-electron chi connectivity index (χ3n) is 2.76. The number of sulfonamides is 1. The number of anilines is 1. The lowest BCUT2D eigenvalue weighted by Crippen LogP contribution is -2.12. The largest absolute Gasteiger partial charge is 0.493 e. The number of hydrogen-bond donors (Lipinski definition) is 1. The molecule has 5 nitrogen and oxygen atoms in total. The summed E-state index contributed by atoms with van der Waals surface area (Å²) in [6.45, 7) is 0. The van der Waals surface area contributed by atoms with Gasteiger partial charge in [-0.3, -0.25) is 4.72 Å². The Morgan fingerprint density at radius 2 is 1.57 bits per heavy atom. The summed E-state index contributed by atoms with van der Waals surface area (Å²) in [6.07, 6.45) is 0. The molecule has 0 aliphatic rings. The highest BCUT2D eigenvalue weighted by atomic mass is 79.9. The topological polar surface area (TPSA) is 64.6 Å². The molecule has 0 unspecified atom stereocenters. The van der Waals surface area contributed by atoms with E-state index in [4.69, 9.17) is 9.47 Å². The summed E-state index contributed by atoms with van der Waals surface area (Å²) < 4.78 is 38.1. The van der Waals surface area contributed by atoms with E-state index in [1.54, 1.807) is 30.3 Å². The van der Waals surface area contributed by atoms with Gasteiger partial charge in [0, 0.05) is 10.5 Å². The fourth-order valence-electron chi connectivity index (χ4n) is 1.73. The maximum Gasteiger partial charge on any atom is 0.261 e. The minimum atomic E-state index is -3.64. The molecule has 0 atom stereocenters.